The fraction of sp³-hybridized carbons (Fsp3) is 0.684. The van der Waals surface area contributed by atoms with Crippen molar-refractivity contribution in [2.75, 3.05) is 0 Å². The molecule has 5 unspecified atom stereocenters. The van der Waals surface area contributed by atoms with Crippen LogP contribution in [0.25, 0.3) is 0 Å². The van der Waals surface area contributed by atoms with Crippen molar-refractivity contribution in [2.24, 2.45) is 23.3 Å². The molecular weight excluding hydrogens is 426 g/mol. The zero-order valence-electron chi connectivity index (χ0n) is 18.6. The summed E-state index contributed by atoms with van der Waals surface area (Å²) < 4.78 is 0. The third kappa shape index (κ3) is 9.73. The fourth-order valence-corrected chi connectivity index (χ4v) is 2.68. The Labute approximate surface area is 185 Å². The van der Waals surface area contributed by atoms with Gasteiger partial charge in [0.2, 0.25) is 23.6 Å². The SMILES string of the molecule is CCC(C)C(NC(=O)C(NC(=O)C(CC(N)=O)NC(=O)C(N)CC(=O)O)C(C)C)C(=O)O. The first-order valence-electron chi connectivity index (χ1n) is 10.1. The van der Waals surface area contributed by atoms with E-state index in [1.807, 2.05) is 0 Å². The normalized spacial score (nSPS) is 15.6. The summed E-state index contributed by atoms with van der Waals surface area (Å²) in [5.74, 6) is -7.06. The number of carboxylic acids is 2. The Morgan fingerprint density at radius 1 is 0.812 bits per heavy atom. The number of carbonyl (C=O) groups is 6. The molecule has 4 amide bonds. The minimum atomic E-state index is -1.52. The van der Waals surface area contributed by atoms with Crippen molar-refractivity contribution in [1.82, 2.24) is 16.0 Å². The lowest BCUT2D eigenvalue weighted by Crippen LogP contribution is -2.59. The Hall–Kier alpha value is -3.22. The molecule has 0 radical (unpaired) electrons. The summed E-state index contributed by atoms with van der Waals surface area (Å²) >= 11 is 0. The number of primary amides is 1. The highest BCUT2D eigenvalue weighted by Gasteiger charge is 2.33. The maximum absolute atomic E-state index is 12.7. The number of amides is 4. The van der Waals surface area contributed by atoms with E-state index in [2.05, 4.69) is 16.0 Å². The molecule has 0 saturated heterocycles. The first-order chi connectivity index (χ1) is 14.7. The number of nitrogens with two attached hydrogens (primary N) is 2. The lowest BCUT2D eigenvalue weighted by Gasteiger charge is -2.28. The van der Waals surface area contributed by atoms with Crippen LogP contribution in [0.4, 0.5) is 0 Å². The van der Waals surface area contributed by atoms with Crippen molar-refractivity contribution in [3.63, 3.8) is 0 Å². The largest absolute Gasteiger partial charge is 0.481 e. The minimum Gasteiger partial charge on any atom is -0.481 e. The summed E-state index contributed by atoms with van der Waals surface area (Å²) in [6.45, 7) is 6.63. The molecule has 13 heteroatoms. The molecule has 5 atom stereocenters. The predicted molar refractivity (Wildman–Crippen MR) is 112 cm³/mol. The molecule has 0 rings (SSSR count). The van der Waals surface area contributed by atoms with Crippen molar-refractivity contribution in [2.45, 2.75) is 71.1 Å². The van der Waals surface area contributed by atoms with Gasteiger partial charge in [0, 0.05) is 0 Å². The van der Waals surface area contributed by atoms with Crippen molar-refractivity contribution < 1.29 is 39.0 Å². The number of rotatable bonds is 14. The molecular formula is C19H33N5O8. The Bertz CT molecular complexity index is 727. The molecule has 13 nitrogen and oxygen atoms in total. The van der Waals surface area contributed by atoms with Crippen molar-refractivity contribution in [3.05, 3.63) is 0 Å². The van der Waals surface area contributed by atoms with Gasteiger partial charge in [-0.1, -0.05) is 34.1 Å². The van der Waals surface area contributed by atoms with Crippen molar-refractivity contribution in [1.29, 1.82) is 0 Å². The molecule has 9 N–H and O–H groups in total. The second-order valence-corrected chi connectivity index (χ2v) is 7.88. The van der Waals surface area contributed by atoms with E-state index in [9.17, 15) is 33.9 Å². The Morgan fingerprint density at radius 3 is 1.75 bits per heavy atom. The smallest absolute Gasteiger partial charge is 0.326 e. The van der Waals surface area contributed by atoms with Crippen LogP contribution in [0, 0.1) is 11.8 Å². The maximum atomic E-state index is 12.7. The molecule has 0 fully saturated rings. The molecule has 0 heterocycles. The van der Waals surface area contributed by atoms with Crippen LogP contribution in [0.5, 0.6) is 0 Å². The summed E-state index contributed by atoms with van der Waals surface area (Å²) in [6.07, 6.45) is -0.854. The van der Waals surface area contributed by atoms with Gasteiger partial charge < -0.3 is 37.6 Å². The molecule has 0 aromatic rings. The highest BCUT2D eigenvalue weighted by molar-refractivity contribution is 5.96. The number of hydrogen-bond acceptors (Lipinski definition) is 7. The van der Waals surface area contributed by atoms with E-state index in [0.29, 0.717) is 6.42 Å². The monoisotopic (exact) mass is 459 g/mol. The molecule has 0 spiro atoms. The van der Waals surface area contributed by atoms with E-state index in [0.717, 1.165) is 0 Å². The van der Waals surface area contributed by atoms with Gasteiger partial charge in [0.1, 0.15) is 18.1 Å². The molecule has 0 bridgehead atoms. The number of carbonyl (C=O) groups excluding carboxylic acids is 4. The molecule has 0 aromatic heterocycles. The Morgan fingerprint density at radius 2 is 1.34 bits per heavy atom. The number of hydrogen-bond donors (Lipinski definition) is 7. The first-order valence-corrected chi connectivity index (χ1v) is 10.1. The van der Waals surface area contributed by atoms with Crippen LogP contribution >= 0.6 is 0 Å². The van der Waals surface area contributed by atoms with Gasteiger partial charge in [-0.3, -0.25) is 24.0 Å². The van der Waals surface area contributed by atoms with Gasteiger partial charge in [-0.05, 0) is 11.8 Å². The van der Waals surface area contributed by atoms with Crippen molar-refractivity contribution in [3.8, 4) is 0 Å². The fourth-order valence-electron chi connectivity index (χ4n) is 2.68. The van der Waals surface area contributed by atoms with Crippen LogP contribution in [-0.4, -0.2) is 69.9 Å². The summed E-state index contributed by atoms with van der Waals surface area (Å²) in [4.78, 5) is 71.0. The third-order valence-electron chi connectivity index (χ3n) is 4.79. The number of carboxylic acid groups (broad SMARTS) is 2. The van der Waals surface area contributed by atoms with Crippen LogP contribution in [0.1, 0.15) is 47.0 Å². The molecule has 0 aliphatic heterocycles. The molecule has 0 saturated carbocycles. The van der Waals surface area contributed by atoms with Gasteiger partial charge in [-0.25, -0.2) is 4.79 Å². The van der Waals surface area contributed by atoms with E-state index in [1.54, 1.807) is 27.7 Å². The standard InChI is InChI=1S/C19H33N5O8/c1-5-9(4)15(19(31)32)24-18(30)14(8(2)3)23-17(29)11(7-12(21)25)22-16(28)10(20)6-13(26)27/h8-11,14-15H,5-7,20H2,1-4H3,(H2,21,25)(H,22,28)(H,23,29)(H,24,30)(H,26,27)(H,31,32). The highest BCUT2D eigenvalue weighted by Crippen LogP contribution is 2.10. The zero-order valence-corrected chi connectivity index (χ0v) is 18.6. The quantitative estimate of drug-likeness (QED) is 0.151. The lowest BCUT2D eigenvalue weighted by molar-refractivity contribution is -0.144. The van der Waals surface area contributed by atoms with Crippen LogP contribution < -0.4 is 27.4 Å². The molecule has 32 heavy (non-hydrogen) atoms. The maximum Gasteiger partial charge on any atom is 0.326 e. The third-order valence-corrected chi connectivity index (χ3v) is 4.79. The van der Waals surface area contributed by atoms with Crippen LogP contribution in [0.2, 0.25) is 0 Å². The van der Waals surface area contributed by atoms with Crippen LogP contribution in [0.15, 0.2) is 0 Å². The summed E-state index contributed by atoms with van der Waals surface area (Å²) in [7, 11) is 0. The molecule has 182 valence electrons. The van der Waals surface area contributed by atoms with E-state index in [4.69, 9.17) is 16.6 Å². The van der Waals surface area contributed by atoms with Gasteiger partial charge in [0.15, 0.2) is 0 Å². The second-order valence-electron chi connectivity index (χ2n) is 7.88. The first kappa shape index (κ1) is 28.8. The average molecular weight is 460 g/mol. The van der Waals surface area contributed by atoms with Crippen molar-refractivity contribution >= 4 is 35.6 Å². The molecule has 0 aliphatic rings. The van der Waals surface area contributed by atoms with E-state index in [1.165, 1.54) is 0 Å². The summed E-state index contributed by atoms with van der Waals surface area (Å²) in [5, 5.41) is 25.0. The predicted octanol–water partition coefficient (Wildman–Crippen LogP) is -2.10. The average Bonchev–Trinajstić information content (AvgIpc) is 2.67. The summed E-state index contributed by atoms with van der Waals surface area (Å²) in [5.41, 5.74) is 10.6. The van der Waals surface area contributed by atoms with E-state index < -0.39 is 78.5 Å². The number of nitrogens with one attached hydrogen (secondary N) is 3. The number of aliphatic carboxylic acids is 2. The molecule has 0 aromatic carbocycles. The van der Waals surface area contributed by atoms with Crippen LogP contribution in [-0.2, 0) is 28.8 Å². The van der Waals surface area contributed by atoms with Gasteiger partial charge in [-0.15, -0.1) is 0 Å². The summed E-state index contributed by atoms with van der Waals surface area (Å²) in [6, 6.07) is -5.36. The zero-order chi connectivity index (χ0) is 25.2. The molecule has 0 aliphatic carbocycles. The topological polar surface area (TPSA) is 231 Å². The van der Waals surface area contributed by atoms with Gasteiger partial charge in [0.25, 0.3) is 0 Å². The Balaban J connectivity index is 5.50. The lowest BCUT2D eigenvalue weighted by atomic mass is 9.97. The van der Waals surface area contributed by atoms with E-state index in [-0.39, 0.29) is 5.92 Å². The minimum absolute atomic E-state index is 0.377. The second kappa shape index (κ2) is 13.2. The van der Waals surface area contributed by atoms with Crippen LogP contribution in [0.3, 0.4) is 0 Å². The highest BCUT2D eigenvalue weighted by atomic mass is 16.4. The van der Waals surface area contributed by atoms with Gasteiger partial charge in [-0.2, -0.15) is 0 Å². The Kier molecular flexibility index (Phi) is 11.9. The van der Waals surface area contributed by atoms with Gasteiger partial charge in [0.05, 0.1) is 18.9 Å². The van der Waals surface area contributed by atoms with E-state index >= 15 is 0 Å². The van der Waals surface area contributed by atoms with Gasteiger partial charge >= 0.3 is 11.9 Å².